The molecule has 0 atom stereocenters. The summed E-state index contributed by atoms with van der Waals surface area (Å²) in [6.45, 7) is 0. The first-order chi connectivity index (χ1) is 16.4. The molecule has 4 rings (SSSR count). The molecule has 0 heterocycles. The van der Waals surface area contributed by atoms with Crippen molar-refractivity contribution in [2.24, 2.45) is 0 Å². The summed E-state index contributed by atoms with van der Waals surface area (Å²) in [6, 6.07) is 12.8. The summed E-state index contributed by atoms with van der Waals surface area (Å²) in [6.07, 6.45) is 6.57. The highest BCUT2D eigenvalue weighted by molar-refractivity contribution is 5.73. The SMILES string of the molecule is COc1ccc(-c2ccc(/C=C/c3ccc(C4CCC(OC)CC4)c(F)c3F)cc2)c(F)c1F. The maximum Gasteiger partial charge on any atom is 0.201 e. The molecule has 0 unspecified atom stereocenters. The van der Waals surface area contributed by atoms with Crippen molar-refractivity contribution < 1.29 is 27.0 Å². The van der Waals surface area contributed by atoms with Crippen LogP contribution in [0, 0.1) is 23.3 Å². The van der Waals surface area contributed by atoms with Gasteiger partial charge >= 0.3 is 0 Å². The number of ether oxygens (including phenoxy) is 2. The Morgan fingerprint density at radius 1 is 0.706 bits per heavy atom. The Balaban J connectivity index is 1.50. The van der Waals surface area contributed by atoms with Gasteiger partial charge in [-0.1, -0.05) is 48.6 Å². The van der Waals surface area contributed by atoms with Crippen LogP contribution in [0.1, 0.15) is 48.3 Å². The quantitative estimate of drug-likeness (QED) is 0.271. The molecule has 178 valence electrons. The third-order valence-electron chi connectivity index (χ3n) is 6.53. The van der Waals surface area contributed by atoms with E-state index in [-0.39, 0.29) is 28.9 Å². The fraction of sp³-hybridized carbons (Fsp3) is 0.286. The van der Waals surface area contributed by atoms with E-state index in [9.17, 15) is 17.6 Å². The second kappa shape index (κ2) is 10.4. The summed E-state index contributed by atoms with van der Waals surface area (Å²) in [5, 5.41) is 0. The summed E-state index contributed by atoms with van der Waals surface area (Å²) in [7, 11) is 2.95. The molecule has 0 N–H and O–H groups in total. The molecule has 34 heavy (non-hydrogen) atoms. The van der Waals surface area contributed by atoms with Crippen LogP contribution >= 0.6 is 0 Å². The van der Waals surface area contributed by atoms with E-state index in [1.165, 1.54) is 25.3 Å². The van der Waals surface area contributed by atoms with Crippen LogP contribution in [-0.4, -0.2) is 20.3 Å². The van der Waals surface area contributed by atoms with E-state index in [4.69, 9.17) is 9.47 Å². The lowest BCUT2D eigenvalue weighted by Gasteiger charge is -2.28. The Bertz CT molecular complexity index is 1180. The normalized spacial score (nSPS) is 18.4. The summed E-state index contributed by atoms with van der Waals surface area (Å²) >= 11 is 0. The van der Waals surface area contributed by atoms with Gasteiger partial charge in [0.25, 0.3) is 0 Å². The van der Waals surface area contributed by atoms with Crippen molar-refractivity contribution in [3.63, 3.8) is 0 Å². The molecule has 0 aliphatic heterocycles. The lowest BCUT2D eigenvalue weighted by atomic mass is 9.82. The van der Waals surface area contributed by atoms with Crippen LogP contribution in [0.2, 0.25) is 0 Å². The van der Waals surface area contributed by atoms with Gasteiger partial charge in [-0.25, -0.2) is 13.2 Å². The molecule has 3 aromatic rings. The van der Waals surface area contributed by atoms with Crippen LogP contribution in [0.25, 0.3) is 23.3 Å². The third kappa shape index (κ3) is 4.87. The van der Waals surface area contributed by atoms with Crippen LogP contribution in [-0.2, 0) is 4.74 Å². The maximum atomic E-state index is 14.8. The molecule has 1 saturated carbocycles. The van der Waals surface area contributed by atoms with Gasteiger partial charge in [0.1, 0.15) is 0 Å². The number of halogens is 4. The van der Waals surface area contributed by atoms with Gasteiger partial charge in [-0.2, -0.15) is 4.39 Å². The molecular weight excluding hydrogens is 444 g/mol. The third-order valence-corrected chi connectivity index (χ3v) is 6.53. The van der Waals surface area contributed by atoms with Crippen LogP contribution in [0.5, 0.6) is 5.75 Å². The zero-order chi connectivity index (χ0) is 24.2. The van der Waals surface area contributed by atoms with Crippen molar-refractivity contribution >= 4 is 12.2 Å². The topological polar surface area (TPSA) is 18.5 Å². The average molecular weight is 471 g/mol. The van der Waals surface area contributed by atoms with E-state index in [1.54, 1.807) is 49.6 Å². The highest BCUT2D eigenvalue weighted by Gasteiger charge is 2.26. The second-order valence-corrected chi connectivity index (χ2v) is 8.48. The van der Waals surface area contributed by atoms with Gasteiger partial charge in [0.2, 0.25) is 5.82 Å². The van der Waals surface area contributed by atoms with E-state index in [1.807, 2.05) is 0 Å². The van der Waals surface area contributed by atoms with Gasteiger partial charge in [-0.05, 0) is 60.4 Å². The molecule has 6 heteroatoms. The first kappa shape index (κ1) is 24.0. The zero-order valence-corrected chi connectivity index (χ0v) is 19.1. The zero-order valence-electron chi connectivity index (χ0n) is 19.1. The van der Waals surface area contributed by atoms with Gasteiger partial charge in [0.15, 0.2) is 23.2 Å². The van der Waals surface area contributed by atoms with Crippen molar-refractivity contribution in [3.8, 4) is 16.9 Å². The van der Waals surface area contributed by atoms with Crippen molar-refractivity contribution in [2.45, 2.75) is 37.7 Å². The van der Waals surface area contributed by atoms with Crippen molar-refractivity contribution in [3.05, 3.63) is 88.5 Å². The summed E-state index contributed by atoms with van der Waals surface area (Å²) < 4.78 is 68.0. The fourth-order valence-electron chi connectivity index (χ4n) is 4.51. The van der Waals surface area contributed by atoms with Crippen LogP contribution in [0.15, 0.2) is 48.5 Å². The Hall–Kier alpha value is -3.12. The number of rotatable bonds is 6. The van der Waals surface area contributed by atoms with E-state index in [0.29, 0.717) is 16.7 Å². The van der Waals surface area contributed by atoms with Gasteiger partial charge in [-0.15, -0.1) is 0 Å². The average Bonchev–Trinajstić information content (AvgIpc) is 2.87. The molecule has 1 aliphatic rings. The van der Waals surface area contributed by atoms with Crippen molar-refractivity contribution in [1.82, 2.24) is 0 Å². The number of methoxy groups -OCH3 is 2. The number of hydrogen-bond acceptors (Lipinski definition) is 2. The number of benzene rings is 3. The van der Waals surface area contributed by atoms with Crippen LogP contribution < -0.4 is 4.74 Å². The molecule has 0 radical (unpaired) electrons. The predicted octanol–water partition coefficient (Wildman–Crippen LogP) is 7.76. The molecule has 0 spiro atoms. The minimum absolute atomic E-state index is 0.00494. The Morgan fingerprint density at radius 3 is 2.06 bits per heavy atom. The maximum absolute atomic E-state index is 14.8. The minimum atomic E-state index is -1.04. The molecular formula is C28H26F4O2. The van der Waals surface area contributed by atoms with Gasteiger partial charge in [-0.3, -0.25) is 0 Å². The standard InChI is InChI=1S/C28H26F4O2/c1-33-21-12-9-19(10-13-21)22-14-11-20(25(29)26(22)30)8-5-17-3-6-18(7-4-17)23-15-16-24(34-2)28(32)27(23)31/h3-8,11,14-16,19,21H,9-10,12-13H2,1-2H3/b8-5+. The molecule has 1 fully saturated rings. The van der Waals surface area contributed by atoms with Gasteiger partial charge in [0.05, 0.1) is 13.2 Å². The van der Waals surface area contributed by atoms with E-state index >= 15 is 0 Å². The first-order valence-electron chi connectivity index (χ1n) is 11.2. The largest absolute Gasteiger partial charge is 0.494 e. The smallest absolute Gasteiger partial charge is 0.201 e. The highest BCUT2D eigenvalue weighted by Crippen LogP contribution is 2.36. The summed E-state index contributed by atoms with van der Waals surface area (Å²) in [5.74, 6) is -3.86. The molecule has 3 aromatic carbocycles. The van der Waals surface area contributed by atoms with E-state index < -0.39 is 23.3 Å². The van der Waals surface area contributed by atoms with E-state index in [2.05, 4.69) is 0 Å². The minimum Gasteiger partial charge on any atom is -0.494 e. The van der Waals surface area contributed by atoms with Crippen LogP contribution in [0.3, 0.4) is 0 Å². The predicted molar refractivity (Wildman–Crippen MR) is 126 cm³/mol. The van der Waals surface area contributed by atoms with Gasteiger partial charge in [0, 0.05) is 18.2 Å². The molecule has 0 saturated heterocycles. The first-order valence-corrected chi connectivity index (χ1v) is 11.2. The number of hydrogen-bond donors (Lipinski definition) is 0. The molecule has 1 aliphatic carbocycles. The van der Waals surface area contributed by atoms with Gasteiger partial charge < -0.3 is 9.47 Å². The lowest BCUT2D eigenvalue weighted by molar-refractivity contribution is 0.0655. The molecule has 0 bridgehead atoms. The Kier molecular flexibility index (Phi) is 7.37. The Labute approximate surface area is 196 Å². The monoisotopic (exact) mass is 470 g/mol. The molecule has 0 aromatic heterocycles. The molecule has 2 nitrogen and oxygen atoms in total. The lowest BCUT2D eigenvalue weighted by Crippen LogP contribution is -2.20. The Morgan fingerprint density at radius 2 is 1.41 bits per heavy atom. The summed E-state index contributed by atoms with van der Waals surface area (Å²) in [4.78, 5) is 0. The second-order valence-electron chi connectivity index (χ2n) is 8.48. The molecule has 0 amide bonds. The van der Waals surface area contributed by atoms with Crippen molar-refractivity contribution in [2.75, 3.05) is 14.2 Å². The van der Waals surface area contributed by atoms with Crippen LogP contribution in [0.4, 0.5) is 17.6 Å². The summed E-state index contributed by atoms with van der Waals surface area (Å²) in [5.41, 5.74) is 1.87. The van der Waals surface area contributed by atoms with E-state index in [0.717, 1.165) is 25.7 Å². The fourth-order valence-corrected chi connectivity index (χ4v) is 4.51. The van der Waals surface area contributed by atoms with Crippen molar-refractivity contribution in [1.29, 1.82) is 0 Å². The highest BCUT2D eigenvalue weighted by atomic mass is 19.2.